The van der Waals surface area contributed by atoms with Gasteiger partial charge in [-0.05, 0) is 42.0 Å². The van der Waals surface area contributed by atoms with E-state index in [-0.39, 0.29) is 17.2 Å². The van der Waals surface area contributed by atoms with Crippen LogP contribution in [0.3, 0.4) is 0 Å². The molecule has 1 heterocycles. The molecule has 0 unspecified atom stereocenters. The zero-order valence-electron chi connectivity index (χ0n) is 16.6. The summed E-state index contributed by atoms with van der Waals surface area (Å²) in [6, 6.07) is 21.3. The Morgan fingerprint density at radius 3 is 2.13 bits per heavy atom. The summed E-state index contributed by atoms with van der Waals surface area (Å²) in [7, 11) is -3.23. The van der Waals surface area contributed by atoms with E-state index in [1.807, 2.05) is 48.5 Å². The van der Waals surface area contributed by atoms with E-state index < -0.39 is 22.4 Å². The van der Waals surface area contributed by atoms with Crippen molar-refractivity contribution in [2.75, 3.05) is 17.8 Å². The molecule has 0 bridgehead atoms. The zero-order chi connectivity index (χ0) is 22.0. The lowest BCUT2D eigenvalue weighted by molar-refractivity contribution is -0.121. The lowest BCUT2D eigenvalue weighted by atomic mass is 10.1. The molecule has 0 spiro atoms. The lowest BCUT2D eigenvalue weighted by Crippen LogP contribution is -2.32. The third-order valence-corrected chi connectivity index (χ3v) is 6.59. The zero-order valence-corrected chi connectivity index (χ0v) is 18.3. The Hall–Kier alpha value is -3.10. The quantitative estimate of drug-likeness (QED) is 0.538. The predicted octanol–water partition coefficient (Wildman–Crippen LogP) is 4.22. The summed E-state index contributed by atoms with van der Waals surface area (Å²) >= 11 is 1.58. The number of fused-ring (bicyclic) bond motifs is 2. The molecular weight excluding hydrogens is 434 g/mol. The molecular formula is C23H19NO5S2. The number of carbonyl (C=O) groups is 2. The van der Waals surface area contributed by atoms with Gasteiger partial charge >= 0.3 is 5.97 Å². The molecule has 0 atom stereocenters. The Balaban J connectivity index is 1.52. The SMILES string of the molecule is CS(=O)(=O)Cc1cccc(C(=O)OCC(=O)N2c3ccccc3Sc3ccccc32)c1. The van der Waals surface area contributed by atoms with Gasteiger partial charge in [0.05, 0.1) is 22.7 Å². The molecule has 1 aliphatic heterocycles. The molecule has 1 amide bonds. The fourth-order valence-corrected chi connectivity index (χ4v) is 5.18. The van der Waals surface area contributed by atoms with Gasteiger partial charge in [0.2, 0.25) is 0 Å². The number of sulfone groups is 1. The van der Waals surface area contributed by atoms with Crippen LogP contribution in [0.4, 0.5) is 11.4 Å². The van der Waals surface area contributed by atoms with E-state index in [0.717, 1.165) is 27.4 Å². The van der Waals surface area contributed by atoms with Gasteiger partial charge in [-0.2, -0.15) is 0 Å². The maximum absolute atomic E-state index is 13.1. The number of rotatable bonds is 5. The second-order valence-corrected chi connectivity index (χ2v) is 10.3. The van der Waals surface area contributed by atoms with Crippen molar-refractivity contribution >= 4 is 44.9 Å². The number of nitrogens with zero attached hydrogens (tertiary/aromatic N) is 1. The number of amides is 1. The summed E-state index contributed by atoms with van der Waals surface area (Å²) < 4.78 is 28.3. The highest BCUT2D eigenvalue weighted by Crippen LogP contribution is 2.47. The van der Waals surface area contributed by atoms with Crippen molar-refractivity contribution in [3.8, 4) is 0 Å². The molecule has 0 saturated heterocycles. The average Bonchev–Trinajstić information content (AvgIpc) is 2.74. The lowest BCUT2D eigenvalue weighted by Gasteiger charge is -2.30. The van der Waals surface area contributed by atoms with Crippen LogP contribution in [0.5, 0.6) is 0 Å². The van der Waals surface area contributed by atoms with Crippen LogP contribution in [-0.4, -0.2) is 33.2 Å². The van der Waals surface area contributed by atoms with Crippen molar-refractivity contribution in [1.29, 1.82) is 0 Å². The van der Waals surface area contributed by atoms with Crippen LogP contribution >= 0.6 is 11.8 Å². The molecule has 0 aliphatic carbocycles. The molecule has 3 aromatic rings. The van der Waals surface area contributed by atoms with E-state index in [2.05, 4.69) is 0 Å². The van der Waals surface area contributed by atoms with Gasteiger partial charge in [0, 0.05) is 16.0 Å². The number of esters is 1. The monoisotopic (exact) mass is 453 g/mol. The Morgan fingerprint density at radius 2 is 1.52 bits per heavy atom. The van der Waals surface area contributed by atoms with Crippen LogP contribution in [0.1, 0.15) is 15.9 Å². The first-order chi connectivity index (χ1) is 14.8. The number of carbonyl (C=O) groups excluding carboxylic acids is 2. The Bertz CT molecular complexity index is 1220. The van der Waals surface area contributed by atoms with E-state index in [1.165, 1.54) is 12.1 Å². The Morgan fingerprint density at radius 1 is 0.903 bits per heavy atom. The van der Waals surface area contributed by atoms with Crippen LogP contribution in [-0.2, 0) is 25.1 Å². The first-order valence-corrected chi connectivity index (χ1v) is 12.3. The smallest absolute Gasteiger partial charge is 0.338 e. The summed E-state index contributed by atoms with van der Waals surface area (Å²) in [5, 5.41) is 0. The number of hydrogen-bond acceptors (Lipinski definition) is 6. The van der Waals surface area contributed by atoms with Crippen molar-refractivity contribution in [3.05, 3.63) is 83.9 Å². The van der Waals surface area contributed by atoms with Crippen LogP contribution in [0.2, 0.25) is 0 Å². The maximum Gasteiger partial charge on any atom is 0.338 e. The Kier molecular flexibility index (Phi) is 5.84. The van der Waals surface area contributed by atoms with Crippen molar-refractivity contribution < 1.29 is 22.7 Å². The molecule has 4 rings (SSSR count). The highest BCUT2D eigenvalue weighted by molar-refractivity contribution is 7.99. The van der Waals surface area contributed by atoms with Gasteiger partial charge in [-0.15, -0.1) is 0 Å². The van der Waals surface area contributed by atoms with E-state index in [0.29, 0.717) is 5.56 Å². The summed E-state index contributed by atoms with van der Waals surface area (Å²) in [6.45, 7) is -0.442. The van der Waals surface area contributed by atoms with E-state index >= 15 is 0 Å². The number of benzene rings is 3. The molecule has 0 fully saturated rings. The minimum absolute atomic E-state index is 0.175. The molecule has 158 valence electrons. The largest absolute Gasteiger partial charge is 0.452 e. The fraction of sp³-hybridized carbons (Fsp3) is 0.130. The van der Waals surface area contributed by atoms with Gasteiger partial charge in [-0.25, -0.2) is 13.2 Å². The summed E-state index contributed by atoms with van der Waals surface area (Å²) in [5.41, 5.74) is 2.16. The van der Waals surface area contributed by atoms with Crippen LogP contribution < -0.4 is 4.90 Å². The van der Waals surface area contributed by atoms with Gasteiger partial charge in [-0.3, -0.25) is 9.69 Å². The summed E-state index contributed by atoms with van der Waals surface area (Å²) in [6.07, 6.45) is 1.13. The molecule has 0 radical (unpaired) electrons. The van der Waals surface area contributed by atoms with Crippen LogP contribution in [0.25, 0.3) is 0 Å². The second-order valence-electron chi connectivity index (χ2n) is 7.11. The molecule has 0 N–H and O–H groups in total. The van der Waals surface area contributed by atoms with Crippen LogP contribution in [0, 0.1) is 0 Å². The van der Waals surface area contributed by atoms with E-state index in [9.17, 15) is 18.0 Å². The normalized spacial score (nSPS) is 12.6. The van der Waals surface area contributed by atoms with Gasteiger partial charge in [-0.1, -0.05) is 48.2 Å². The number of ether oxygens (including phenoxy) is 1. The van der Waals surface area contributed by atoms with E-state index in [4.69, 9.17) is 4.74 Å². The minimum atomic E-state index is -3.23. The van der Waals surface area contributed by atoms with Gasteiger partial charge in [0.15, 0.2) is 16.4 Å². The van der Waals surface area contributed by atoms with Crippen LogP contribution in [0.15, 0.2) is 82.6 Å². The molecule has 8 heteroatoms. The Labute approximate surface area is 184 Å². The fourth-order valence-electron chi connectivity index (χ4n) is 3.34. The topological polar surface area (TPSA) is 80.7 Å². The van der Waals surface area contributed by atoms with Crippen molar-refractivity contribution in [2.24, 2.45) is 0 Å². The van der Waals surface area contributed by atoms with Crippen molar-refractivity contribution in [1.82, 2.24) is 0 Å². The highest BCUT2D eigenvalue weighted by atomic mass is 32.2. The maximum atomic E-state index is 13.1. The molecule has 3 aromatic carbocycles. The summed E-state index contributed by atoms with van der Waals surface area (Å²) in [4.78, 5) is 29.0. The number of hydrogen-bond donors (Lipinski definition) is 0. The molecule has 31 heavy (non-hydrogen) atoms. The third-order valence-electron chi connectivity index (χ3n) is 4.60. The average molecular weight is 454 g/mol. The van der Waals surface area contributed by atoms with Gasteiger partial charge in [0.25, 0.3) is 5.91 Å². The summed E-state index contributed by atoms with van der Waals surface area (Å²) in [5.74, 6) is -1.23. The first kappa shape index (κ1) is 21.1. The van der Waals surface area contributed by atoms with Crippen molar-refractivity contribution in [3.63, 3.8) is 0 Å². The molecule has 0 saturated carbocycles. The number of anilines is 2. The highest BCUT2D eigenvalue weighted by Gasteiger charge is 2.28. The standard InChI is InChI=1S/C23H19NO5S2/c1-31(27,28)15-16-7-6-8-17(13-16)23(26)29-14-22(25)24-18-9-2-4-11-20(18)30-21-12-5-3-10-19(21)24/h2-13H,14-15H2,1H3. The van der Waals surface area contributed by atoms with Gasteiger partial charge in [0.1, 0.15) is 0 Å². The second kappa shape index (κ2) is 8.56. The number of para-hydroxylation sites is 2. The minimum Gasteiger partial charge on any atom is -0.452 e. The third kappa shape index (κ3) is 4.81. The van der Waals surface area contributed by atoms with Gasteiger partial charge < -0.3 is 4.74 Å². The van der Waals surface area contributed by atoms with E-state index in [1.54, 1.807) is 28.8 Å². The first-order valence-electron chi connectivity index (χ1n) is 9.44. The predicted molar refractivity (Wildman–Crippen MR) is 119 cm³/mol. The molecule has 0 aromatic heterocycles. The van der Waals surface area contributed by atoms with Crippen molar-refractivity contribution in [2.45, 2.75) is 15.5 Å². The molecule has 1 aliphatic rings. The molecule has 6 nitrogen and oxygen atoms in total.